The molecule has 0 atom stereocenters. The molecule has 0 spiro atoms. The number of hydrogen-bond donors (Lipinski definition) is 4. The van der Waals surface area contributed by atoms with Crippen molar-refractivity contribution in [2.75, 3.05) is 0 Å². The van der Waals surface area contributed by atoms with Crippen LogP contribution in [0.15, 0.2) is 10.9 Å². The Kier molecular flexibility index (Phi) is 3.01. The Morgan fingerprint density at radius 2 is 2.00 bits per heavy atom. The zero-order chi connectivity index (χ0) is 12.5. The van der Waals surface area contributed by atoms with E-state index >= 15 is 0 Å². The molecule has 0 saturated heterocycles. The van der Waals surface area contributed by atoms with Crippen molar-refractivity contribution >= 4 is 16.1 Å². The number of aromatic amines is 1. The van der Waals surface area contributed by atoms with E-state index in [0.717, 1.165) is 0 Å². The van der Waals surface area contributed by atoms with Crippen molar-refractivity contribution in [3.63, 3.8) is 0 Å². The standard InChI is InChI=1S/C7H7NO7S/c9-5-1-3(7(11)12)4(6(10)8-5)2-16(13,14)15/h1H,2H2,(H,11,12)(H2,8,9,10)(H,13,14,15). The maximum atomic E-state index is 11.2. The molecule has 88 valence electrons. The van der Waals surface area contributed by atoms with E-state index in [0.29, 0.717) is 6.07 Å². The highest BCUT2D eigenvalue weighted by Gasteiger charge is 2.20. The number of H-pyrrole nitrogens is 1. The molecule has 0 aliphatic heterocycles. The smallest absolute Gasteiger partial charge is 0.336 e. The van der Waals surface area contributed by atoms with E-state index in [2.05, 4.69) is 0 Å². The second kappa shape index (κ2) is 3.94. The number of aromatic carboxylic acids is 1. The molecule has 0 aliphatic rings. The molecule has 0 unspecified atom stereocenters. The van der Waals surface area contributed by atoms with Crippen LogP contribution in [0.25, 0.3) is 0 Å². The third-order valence-electron chi connectivity index (χ3n) is 1.68. The normalized spacial score (nSPS) is 11.3. The van der Waals surface area contributed by atoms with Gasteiger partial charge in [-0.2, -0.15) is 8.42 Å². The SMILES string of the molecule is O=C(O)c1cc(O)[nH]c(=O)c1CS(=O)(=O)O. The zero-order valence-corrected chi connectivity index (χ0v) is 8.48. The van der Waals surface area contributed by atoms with Gasteiger partial charge in [0.25, 0.3) is 15.7 Å². The number of hydrogen-bond acceptors (Lipinski definition) is 5. The second-order valence-electron chi connectivity index (χ2n) is 2.91. The molecular weight excluding hydrogens is 242 g/mol. The fourth-order valence-electron chi connectivity index (χ4n) is 1.09. The average Bonchev–Trinajstić information content (AvgIpc) is 2.07. The molecule has 0 radical (unpaired) electrons. The minimum atomic E-state index is -4.53. The third kappa shape index (κ3) is 2.81. The molecule has 0 aliphatic carbocycles. The number of carboxylic acid groups (broad SMARTS) is 1. The van der Waals surface area contributed by atoms with Gasteiger partial charge >= 0.3 is 5.97 Å². The van der Waals surface area contributed by atoms with Crippen molar-refractivity contribution in [3.05, 3.63) is 27.5 Å². The lowest BCUT2D eigenvalue weighted by Gasteiger charge is -2.03. The van der Waals surface area contributed by atoms with E-state index in [1.54, 1.807) is 0 Å². The predicted octanol–water partition coefficient (Wildman–Crippen LogP) is -0.833. The molecule has 16 heavy (non-hydrogen) atoms. The van der Waals surface area contributed by atoms with Gasteiger partial charge in [-0.1, -0.05) is 0 Å². The van der Waals surface area contributed by atoms with Crippen LogP contribution in [0, 0.1) is 0 Å². The van der Waals surface area contributed by atoms with Gasteiger partial charge in [-0.3, -0.25) is 14.3 Å². The molecule has 0 aromatic carbocycles. The number of carbonyl (C=O) groups is 1. The summed E-state index contributed by atoms with van der Waals surface area (Å²) in [6, 6.07) is 0.685. The van der Waals surface area contributed by atoms with Gasteiger partial charge in [0, 0.05) is 11.6 Å². The number of nitrogens with one attached hydrogen (secondary N) is 1. The molecule has 8 nitrogen and oxygen atoms in total. The molecule has 4 N–H and O–H groups in total. The Bertz CT molecular complexity index is 585. The number of aromatic hydroxyl groups is 1. The summed E-state index contributed by atoms with van der Waals surface area (Å²) < 4.78 is 29.7. The van der Waals surface area contributed by atoms with Gasteiger partial charge in [-0.05, 0) is 0 Å². The van der Waals surface area contributed by atoms with E-state index in [1.807, 2.05) is 4.98 Å². The largest absolute Gasteiger partial charge is 0.494 e. The van der Waals surface area contributed by atoms with E-state index in [9.17, 15) is 18.0 Å². The van der Waals surface area contributed by atoms with Crippen LogP contribution in [0.5, 0.6) is 5.88 Å². The highest BCUT2D eigenvalue weighted by Crippen LogP contribution is 2.12. The summed E-state index contributed by atoms with van der Waals surface area (Å²) in [5.41, 5.74) is -2.42. The Morgan fingerprint density at radius 3 is 2.44 bits per heavy atom. The van der Waals surface area contributed by atoms with Crippen LogP contribution in [0.4, 0.5) is 0 Å². The van der Waals surface area contributed by atoms with E-state index in [4.69, 9.17) is 14.8 Å². The van der Waals surface area contributed by atoms with Crippen LogP contribution in [0.2, 0.25) is 0 Å². The minimum Gasteiger partial charge on any atom is -0.494 e. The van der Waals surface area contributed by atoms with Gasteiger partial charge in [-0.25, -0.2) is 4.79 Å². The lowest BCUT2D eigenvalue weighted by atomic mass is 10.1. The summed E-state index contributed by atoms with van der Waals surface area (Å²) in [7, 11) is -4.53. The number of aromatic nitrogens is 1. The molecule has 0 fully saturated rings. The van der Waals surface area contributed by atoms with Gasteiger partial charge in [0.15, 0.2) is 5.88 Å². The highest BCUT2D eigenvalue weighted by atomic mass is 32.2. The van der Waals surface area contributed by atoms with Crippen LogP contribution in [-0.4, -0.2) is 34.1 Å². The molecule has 0 bridgehead atoms. The highest BCUT2D eigenvalue weighted by molar-refractivity contribution is 7.85. The Hall–Kier alpha value is -1.87. The lowest BCUT2D eigenvalue weighted by molar-refractivity contribution is 0.0695. The lowest BCUT2D eigenvalue weighted by Crippen LogP contribution is -2.21. The van der Waals surface area contributed by atoms with E-state index < -0.39 is 44.4 Å². The van der Waals surface area contributed by atoms with Crippen molar-refractivity contribution in [2.45, 2.75) is 5.75 Å². The van der Waals surface area contributed by atoms with Crippen molar-refractivity contribution in [1.82, 2.24) is 4.98 Å². The van der Waals surface area contributed by atoms with Gasteiger partial charge in [0.1, 0.15) is 5.75 Å². The molecule has 1 aromatic heterocycles. The Morgan fingerprint density at radius 1 is 1.44 bits per heavy atom. The number of rotatable bonds is 3. The topological polar surface area (TPSA) is 145 Å². The summed E-state index contributed by atoms with van der Waals surface area (Å²) >= 11 is 0. The second-order valence-corrected chi connectivity index (χ2v) is 4.36. The first-order valence-electron chi connectivity index (χ1n) is 3.84. The summed E-state index contributed by atoms with van der Waals surface area (Å²) in [5.74, 6) is -3.42. The Labute approximate surface area is 88.9 Å². The van der Waals surface area contributed by atoms with Gasteiger partial charge < -0.3 is 10.2 Å². The molecule has 1 heterocycles. The summed E-state index contributed by atoms with van der Waals surface area (Å²) in [6.07, 6.45) is 0. The minimum absolute atomic E-state index is 0.646. The number of pyridine rings is 1. The predicted molar refractivity (Wildman–Crippen MR) is 50.9 cm³/mol. The summed E-state index contributed by atoms with van der Waals surface area (Å²) in [5, 5.41) is 17.6. The summed E-state index contributed by atoms with van der Waals surface area (Å²) in [6.45, 7) is 0. The molecular formula is C7H7NO7S. The summed E-state index contributed by atoms with van der Waals surface area (Å²) in [4.78, 5) is 23.7. The van der Waals surface area contributed by atoms with Crippen molar-refractivity contribution in [3.8, 4) is 5.88 Å². The van der Waals surface area contributed by atoms with Crippen LogP contribution >= 0.6 is 0 Å². The first-order valence-corrected chi connectivity index (χ1v) is 5.45. The molecule has 0 amide bonds. The quantitative estimate of drug-likeness (QED) is 0.511. The molecule has 1 rings (SSSR count). The first-order chi connectivity index (χ1) is 7.20. The van der Waals surface area contributed by atoms with Gasteiger partial charge in [0.05, 0.1) is 5.56 Å². The zero-order valence-electron chi connectivity index (χ0n) is 7.67. The average molecular weight is 249 g/mol. The van der Waals surface area contributed by atoms with Crippen LogP contribution in [0.1, 0.15) is 15.9 Å². The first kappa shape index (κ1) is 12.2. The molecule has 0 saturated carbocycles. The maximum Gasteiger partial charge on any atom is 0.336 e. The van der Waals surface area contributed by atoms with Crippen LogP contribution in [0.3, 0.4) is 0 Å². The Balaban J connectivity index is 3.48. The van der Waals surface area contributed by atoms with Crippen molar-refractivity contribution in [1.29, 1.82) is 0 Å². The third-order valence-corrected chi connectivity index (χ3v) is 2.33. The fourth-order valence-corrected chi connectivity index (χ4v) is 1.74. The molecule has 9 heteroatoms. The van der Waals surface area contributed by atoms with Crippen molar-refractivity contribution < 1.29 is 28.0 Å². The maximum absolute atomic E-state index is 11.2. The van der Waals surface area contributed by atoms with Gasteiger partial charge in [-0.15, -0.1) is 0 Å². The van der Waals surface area contributed by atoms with Gasteiger partial charge in [0.2, 0.25) is 0 Å². The van der Waals surface area contributed by atoms with E-state index in [1.165, 1.54) is 0 Å². The van der Waals surface area contributed by atoms with E-state index in [-0.39, 0.29) is 0 Å². The van der Waals surface area contributed by atoms with Crippen LogP contribution < -0.4 is 5.56 Å². The monoisotopic (exact) mass is 249 g/mol. The van der Waals surface area contributed by atoms with Crippen LogP contribution in [-0.2, 0) is 15.9 Å². The number of carboxylic acids is 1. The van der Waals surface area contributed by atoms with Crippen molar-refractivity contribution in [2.24, 2.45) is 0 Å². The molecule has 1 aromatic rings. The fraction of sp³-hybridized carbons (Fsp3) is 0.143.